The molecule has 0 amide bonds. The molecule has 0 radical (unpaired) electrons. The van der Waals surface area contributed by atoms with Gasteiger partial charge in [0.2, 0.25) is 5.78 Å². The second-order valence-electron chi connectivity index (χ2n) is 6.03. The van der Waals surface area contributed by atoms with Gasteiger partial charge in [-0.1, -0.05) is 36.4 Å². The molecule has 0 aliphatic heterocycles. The number of aromatic nitrogens is 2. The number of hydrogen-bond donors (Lipinski definition) is 1. The number of ketones is 1. The van der Waals surface area contributed by atoms with E-state index in [0.29, 0.717) is 10.6 Å². The van der Waals surface area contributed by atoms with Crippen molar-refractivity contribution < 1.29 is 14.3 Å². The lowest BCUT2D eigenvalue weighted by molar-refractivity contribution is -0.141. The van der Waals surface area contributed by atoms with E-state index in [9.17, 15) is 9.59 Å². The Morgan fingerprint density at radius 1 is 1.08 bits per heavy atom. The molecule has 5 nitrogen and oxygen atoms in total. The van der Waals surface area contributed by atoms with Crippen LogP contribution in [-0.4, -0.2) is 28.6 Å². The van der Waals surface area contributed by atoms with Gasteiger partial charge in [0.25, 0.3) is 0 Å². The minimum Gasteiger partial charge on any atom is -0.457 e. The zero-order valence-corrected chi connectivity index (χ0v) is 14.9. The summed E-state index contributed by atoms with van der Waals surface area (Å²) in [5, 5.41) is 8.96. The van der Waals surface area contributed by atoms with E-state index in [1.165, 1.54) is 11.3 Å². The van der Waals surface area contributed by atoms with Gasteiger partial charge in [-0.3, -0.25) is 14.7 Å². The Labute approximate surface area is 153 Å². The first kappa shape index (κ1) is 16.5. The van der Waals surface area contributed by atoms with Gasteiger partial charge >= 0.3 is 5.97 Å². The van der Waals surface area contributed by atoms with Crippen LogP contribution in [0.3, 0.4) is 0 Å². The second-order valence-corrected chi connectivity index (χ2v) is 7.08. The highest BCUT2D eigenvalue weighted by Gasteiger charge is 2.18. The topological polar surface area (TPSA) is 72.1 Å². The fourth-order valence-corrected chi connectivity index (χ4v) is 4.13. The molecular formula is C20H16N2O3S. The number of carbonyl (C=O) groups excluding carboxylic acids is 2. The van der Waals surface area contributed by atoms with E-state index in [1.54, 1.807) is 0 Å². The van der Waals surface area contributed by atoms with Crippen LogP contribution in [-0.2, 0) is 16.0 Å². The molecule has 130 valence electrons. The number of esters is 1. The predicted octanol–water partition coefficient (Wildman–Crippen LogP) is 4.05. The molecule has 26 heavy (non-hydrogen) atoms. The molecule has 0 saturated heterocycles. The standard InChI is InChI=1S/C20H16N2O3S/c1-12-13-6-3-5-9-18(13)26-20(12)17(23)11-25-19(24)10-16-14-7-2-4-8-15(14)21-22-16/h2-9H,10-11H2,1H3,(H,21,22). The third-order valence-electron chi connectivity index (χ3n) is 4.32. The van der Waals surface area contributed by atoms with Crippen molar-refractivity contribution in [3.63, 3.8) is 0 Å². The molecule has 2 aromatic carbocycles. The van der Waals surface area contributed by atoms with Crippen LogP contribution in [0, 0.1) is 6.92 Å². The number of hydrogen-bond acceptors (Lipinski definition) is 5. The molecule has 0 bridgehead atoms. The van der Waals surface area contributed by atoms with Crippen molar-refractivity contribution in [2.75, 3.05) is 6.61 Å². The Morgan fingerprint density at radius 3 is 2.62 bits per heavy atom. The van der Waals surface area contributed by atoms with Crippen molar-refractivity contribution >= 4 is 44.1 Å². The van der Waals surface area contributed by atoms with Crippen molar-refractivity contribution in [1.82, 2.24) is 10.2 Å². The van der Waals surface area contributed by atoms with Crippen LogP contribution in [0.2, 0.25) is 0 Å². The number of nitrogens with one attached hydrogen (secondary N) is 1. The molecule has 4 aromatic rings. The largest absolute Gasteiger partial charge is 0.457 e. The summed E-state index contributed by atoms with van der Waals surface area (Å²) in [7, 11) is 0. The molecule has 2 aromatic heterocycles. The summed E-state index contributed by atoms with van der Waals surface area (Å²) < 4.78 is 6.26. The van der Waals surface area contributed by atoms with Crippen LogP contribution < -0.4 is 0 Å². The monoisotopic (exact) mass is 364 g/mol. The molecule has 0 saturated carbocycles. The maximum atomic E-state index is 12.5. The lowest BCUT2D eigenvalue weighted by Crippen LogP contribution is -2.15. The zero-order chi connectivity index (χ0) is 18.1. The SMILES string of the molecule is Cc1c(C(=O)COC(=O)Cc2[nH]nc3ccccc23)sc2ccccc12. The number of thiophene rings is 1. The average molecular weight is 364 g/mol. The third-order valence-corrected chi connectivity index (χ3v) is 5.64. The molecule has 0 spiro atoms. The summed E-state index contributed by atoms with van der Waals surface area (Å²) >= 11 is 1.43. The average Bonchev–Trinajstić information content (AvgIpc) is 3.22. The summed E-state index contributed by atoms with van der Waals surface area (Å²) in [6, 6.07) is 15.4. The van der Waals surface area contributed by atoms with Crippen LogP contribution in [0.4, 0.5) is 0 Å². The van der Waals surface area contributed by atoms with Crippen molar-refractivity contribution in [3.05, 3.63) is 64.7 Å². The molecule has 0 aliphatic rings. The number of para-hydroxylation sites is 1. The first-order valence-electron chi connectivity index (χ1n) is 8.22. The van der Waals surface area contributed by atoms with Crippen molar-refractivity contribution in [1.29, 1.82) is 0 Å². The van der Waals surface area contributed by atoms with Gasteiger partial charge in [0.05, 0.1) is 22.5 Å². The van der Waals surface area contributed by atoms with E-state index in [2.05, 4.69) is 10.2 Å². The summed E-state index contributed by atoms with van der Waals surface area (Å²) in [6.45, 7) is 1.67. The Balaban J connectivity index is 1.43. The molecule has 0 fully saturated rings. The van der Waals surface area contributed by atoms with Crippen LogP contribution in [0.5, 0.6) is 0 Å². The predicted molar refractivity (Wildman–Crippen MR) is 102 cm³/mol. The minimum absolute atomic E-state index is 0.0548. The maximum Gasteiger partial charge on any atom is 0.312 e. The number of ether oxygens (including phenoxy) is 1. The van der Waals surface area contributed by atoms with E-state index in [-0.39, 0.29) is 18.8 Å². The lowest BCUT2D eigenvalue weighted by Gasteiger charge is -2.03. The molecule has 6 heteroatoms. The van der Waals surface area contributed by atoms with Crippen molar-refractivity contribution in [2.24, 2.45) is 0 Å². The number of aromatic amines is 1. The van der Waals surface area contributed by atoms with E-state index < -0.39 is 5.97 Å². The fraction of sp³-hybridized carbons (Fsp3) is 0.150. The van der Waals surface area contributed by atoms with Gasteiger partial charge < -0.3 is 4.74 Å². The van der Waals surface area contributed by atoms with Gasteiger partial charge in [-0.15, -0.1) is 11.3 Å². The Morgan fingerprint density at radius 2 is 1.81 bits per heavy atom. The van der Waals surface area contributed by atoms with Gasteiger partial charge in [0.1, 0.15) is 0 Å². The highest BCUT2D eigenvalue weighted by atomic mass is 32.1. The summed E-state index contributed by atoms with van der Waals surface area (Å²) in [6.07, 6.45) is 0.0548. The molecule has 4 rings (SSSR count). The van der Waals surface area contributed by atoms with Crippen molar-refractivity contribution in [3.8, 4) is 0 Å². The number of aryl methyl sites for hydroxylation is 1. The molecule has 1 N–H and O–H groups in total. The summed E-state index contributed by atoms with van der Waals surface area (Å²) in [5.74, 6) is -0.627. The first-order valence-corrected chi connectivity index (χ1v) is 9.04. The fourth-order valence-electron chi connectivity index (χ4n) is 3.00. The first-order chi connectivity index (χ1) is 12.6. The maximum absolute atomic E-state index is 12.5. The number of fused-ring (bicyclic) bond motifs is 2. The van der Waals surface area contributed by atoms with Gasteiger partial charge in [0.15, 0.2) is 6.61 Å². The highest BCUT2D eigenvalue weighted by molar-refractivity contribution is 7.21. The quantitative estimate of drug-likeness (QED) is 0.428. The van der Waals surface area contributed by atoms with Crippen LogP contribution in [0.1, 0.15) is 20.9 Å². The Hall–Kier alpha value is -2.99. The number of Topliss-reactive ketones (excluding diaryl/α,β-unsaturated/α-hetero) is 1. The Bertz CT molecular complexity index is 1130. The van der Waals surface area contributed by atoms with Gasteiger partial charge in [-0.2, -0.15) is 5.10 Å². The molecule has 2 heterocycles. The van der Waals surface area contributed by atoms with E-state index in [0.717, 1.165) is 26.6 Å². The van der Waals surface area contributed by atoms with Crippen LogP contribution in [0.25, 0.3) is 21.0 Å². The number of rotatable bonds is 5. The summed E-state index contributed by atoms with van der Waals surface area (Å²) in [5.41, 5.74) is 2.43. The smallest absolute Gasteiger partial charge is 0.312 e. The molecular weight excluding hydrogens is 348 g/mol. The number of carbonyl (C=O) groups is 2. The lowest BCUT2D eigenvalue weighted by atomic mass is 10.1. The van der Waals surface area contributed by atoms with Gasteiger partial charge in [-0.25, -0.2) is 0 Å². The normalized spacial score (nSPS) is 11.1. The molecule has 0 unspecified atom stereocenters. The second kappa shape index (κ2) is 6.72. The van der Waals surface area contributed by atoms with E-state index >= 15 is 0 Å². The molecule has 0 aliphatic carbocycles. The van der Waals surface area contributed by atoms with Crippen LogP contribution in [0.15, 0.2) is 48.5 Å². The number of nitrogens with zero attached hydrogens (tertiary/aromatic N) is 1. The van der Waals surface area contributed by atoms with Gasteiger partial charge in [-0.05, 0) is 30.0 Å². The van der Waals surface area contributed by atoms with Crippen LogP contribution >= 0.6 is 11.3 Å². The Kier molecular flexibility index (Phi) is 4.26. The van der Waals surface area contributed by atoms with Crippen molar-refractivity contribution in [2.45, 2.75) is 13.3 Å². The van der Waals surface area contributed by atoms with Gasteiger partial charge in [0, 0.05) is 10.1 Å². The molecule has 0 atom stereocenters. The zero-order valence-electron chi connectivity index (χ0n) is 14.1. The van der Waals surface area contributed by atoms with E-state index in [4.69, 9.17) is 4.74 Å². The third kappa shape index (κ3) is 2.99. The number of H-pyrrole nitrogens is 1. The summed E-state index contributed by atoms with van der Waals surface area (Å²) in [4.78, 5) is 25.2. The minimum atomic E-state index is -0.452. The highest BCUT2D eigenvalue weighted by Crippen LogP contribution is 2.30. The number of benzene rings is 2. The van der Waals surface area contributed by atoms with E-state index in [1.807, 2.05) is 55.5 Å².